The van der Waals surface area contributed by atoms with Gasteiger partial charge in [-0.15, -0.1) is 0 Å². The molecule has 1 aliphatic rings. The molecule has 0 bridgehead atoms. The van der Waals surface area contributed by atoms with E-state index in [0.717, 1.165) is 25.3 Å². The maximum atomic E-state index is 11.8. The predicted octanol–water partition coefficient (Wildman–Crippen LogP) is 2.68. The van der Waals surface area contributed by atoms with Gasteiger partial charge in [0.15, 0.2) is 5.78 Å². The Hall–Kier alpha value is -1.86. The number of likely N-dealkylation sites (tertiary alicyclic amines) is 1. The summed E-state index contributed by atoms with van der Waals surface area (Å²) in [4.78, 5) is 16.4. The second-order valence-corrected chi connectivity index (χ2v) is 5.71. The van der Waals surface area contributed by atoms with Crippen LogP contribution < -0.4 is 4.90 Å². The van der Waals surface area contributed by atoms with Crippen LogP contribution in [-0.4, -0.2) is 43.4 Å². The lowest BCUT2D eigenvalue weighted by Gasteiger charge is -2.30. The zero-order valence-electron chi connectivity index (χ0n) is 13.1. The van der Waals surface area contributed by atoms with E-state index in [1.54, 1.807) is 19.1 Å². The zero-order valence-corrected chi connectivity index (χ0v) is 13.1. The van der Waals surface area contributed by atoms with Crippen molar-refractivity contribution in [2.24, 2.45) is 0 Å². The lowest BCUT2D eigenvalue weighted by atomic mass is 10.0. The van der Waals surface area contributed by atoms with Crippen molar-refractivity contribution in [3.05, 3.63) is 29.3 Å². The second-order valence-electron chi connectivity index (χ2n) is 5.71. The fraction of sp³-hybridized carbons (Fsp3) is 0.529. The molecular formula is C17H23N3O. The minimum atomic E-state index is 0.0418. The maximum Gasteiger partial charge on any atom is 0.161 e. The van der Waals surface area contributed by atoms with Gasteiger partial charge in [-0.25, -0.2) is 0 Å². The van der Waals surface area contributed by atoms with E-state index in [0.29, 0.717) is 17.2 Å². The van der Waals surface area contributed by atoms with Crippen molar-refractivity contribution < 1.29 is 4.79 Å². The number of hydrogen-bond acceptors (Lipinski definition) is 4. The smallest absolute Gasteiger partial charge is 0.161 e. The van der Waals surface area contributed by atoms with Crippen LogP contribution in [0.2, 0.25) is 0 Å². The molecule has 0 aromatic heterocycles. The summed E-state index contributed by atoms with van der Waals surface area (Å²) in [5.41, 5.74) is 2.16. The zero-order chi connectivity index (χ0) is 15.4. The molecule has 1 aliphatic heterocycles. The van der Waals surface area contributed by atoms with E-state index >= 15 is 0 Å². The summed E-state index contributed by atoms with van der Waals surface area (Å²) >= 11 is 0. The van der Waals surface area contributed by atoms with Crippen molar-refractivity contribution in [3.8, 4) is 6.07 Å². The third kappa shape index (κ3) is 3.43. The Bertz CT molecular complexity index is 562. The Balaban J connectivity index is 2.23. The number of likely N-dealkylation sites (N-methyl/N-ethyl adjacent to an activating group) is 2. The molecule has 0 aliphatic carbocycles. The molecule has 0 radical (unpaired) electrons. The molecular weight excluding hydrogens is 262 g/mol. The minimum Gasteiger partial charge on any atom is -0.372 e. The molecule has 0 amide bonds. The summed E-state index contributed by atoms with van der Waals surface area (Å²) in [6.07, 6.45) is 2.44. The van der Waals surface area contributed by atoms with E-state index < -0.39 is 0 Å². The molecule has 21 heavy (non-hydrogen) atoms. The SMILES string of the molecule is CCN1CCCC1CN(C)c1cc(C#N)ccc1C(C)=O. The normalized spacial score (nSPS) is 18.5. The summed E-state index contributed by atoms with van der Waals surface area (Å²) in [5, 5.41) is 9.08. The quantitative estimate of drug-likeness (QED) is 0.780. The highest BCUT2D eigenvalue weighted by atomic mass is 16.1. The number of carbonyl (C=O) groups is 1. The first-order valence-corrected chi connectivity index (χ1v) is 7.57. The monoisotopic (exact) mass is 285 g/mol. The number of nitrogens with zero attached hydrogens (tertiary/aromatic N) is 3. The van der Waals surface area contributed by atoms with E-state index in [1.807, 2.05) is 13.1 Å². The molecule has 1 fully saturated rings. The van der Waals surface area contributed by atoms with Crippen molar-refractivity contribution >= 4 is 11.5 Å². The van der Waals surface area contributed by atoms with Gasteiger partial charge in [-0.2, -0.15) is 5.26 Å². The fourth-order valence-corrected chi connectivity index (χ4v) is 3.15. The molecule has 1 unspecified atom stereocenters. The molecule has 112 valence electrons. The number of hydrogen-bond donors (Lipinski definition) is 0. The fourth-order valence-electron chi connectivity index (χ4n) is 3.15. The third-order valence-electron chi connectivity index (χ3n) is 4.31. The van der Waals surface area contributed by atoms with Crippen molar-refractivity contribution in [1.29, 1.82) is 5.26 Å². The van der Waals surface area contributed by atoms with Crippen molar-refractivity contribution in [3.63, 3.8) is 0 Å². The van der Waals surface area contributed by atoms with Crippen LogP contribution in [0.5, 0.6) is 0 Å². The van der Waals surface area contributed by atoms with Crippen molar-refractivity contribution in [2.45, 2.75) is 32.7 Å². The Morgan fingerprint density at radius 1 is 1.52 bits per heavy atom. The van der Waals surface area contributed by atoms with Crippen LogP contribution in [0.15, 0.2) is 18.2 Å². The number of ketones is 1. The van der Waals surface area contributed by atoms with E-state index in [2.05, 4.69) is 22.8 Å². The lowest BCUT2D eigenvalue weighted by Crippen LogP contribution is -2.39. The van der Waals surface area contributed by atoms with Gasteiger partial charge < -0.3 is 4.90 Å². The van der Waals surface area contributed by atoms with Gasteiger partial charge in [-0.1, -0.05) is 6.92 Å². The molecule has 1 atom stereocenters. The van der Waals surface area contributed by atoms with E-state index in [9.17, 15) is 4.79 Å². The number of carbonyl (C=O) groups excluding carboxylic acids is 1. The topological polar surface area (TPSA) is 47.3 Å². The highest BCUT2D eigenvalue weighted by Gasteiger charge is 2.25. The van der Waals surface area contributed by atoms with Crippen LogP contribution in [0, 0.1) is 11.3 Å². The van der Waals surface area contributed by atoms with Crippen LogP contribution in [0.25, 0.3) is 0 Å². The standard InChI is InChI=1S/C17H23N3O/c1-4-20-9-5-6-15(20)12-19(3)17-10-14(11-18)7-8-16(17)13(2)21/h7-8,10,15H,4-6,9,12H2,1-3H3. The Morgan fingerprint density at radius 3 is 2.90 bits per heavy atom. The number of benzene rings is 1. The first-order chi connectivity index (χ1) is 10.1. The summed E-state index contributed by atoms with van der Waals surface area (Å²) in [5.74, 6) is 0.0418. The average Bonchev–Trinajstić information content (AvgIpc) is 2.93. The average molecular weight is 285 g/mol. The van der Waals surface area contributed by atoms with Gasteiger partial charge in [0.1, 0.15) is 0 Å². The van der Waals surface area contributed by atoms with Gasteiger partial charge in [-0.05, 0) is 51.1 Å². The van der Waals surface area contributed by atoms with E-state index in [1.165, 1.54) is 12.8 Å². The molecule has 0 spiro atoms. The molecule has 2 rings (SSSR count). The van der Waals surface area contributed by atoms with Gasteiger partial charge in [0.05, 0.1) is 11.6 Å². The van der Waals surface area contributed by atoms with Gasteiger partial charge in [0.2, 0.25) is 0 Å². The molecule has 1 aromatic rings. The summed E-state index contributed by atoms with van der Waals surface area (Å²) < 4.78 is 0. The lowest BCUT2D eigenvalue weighted by molar-refractivity contribution is 0.101. The van der Waals surface area contributed by atoms with Gasteiger partial charge in [0, 0.05) is 30.9 Å². The van der Waals surface area contributed by atoms with Gasteiger partial charge in [-0.3, -0.25) is 9.69 Å². The van der Waals surface area contributed by atoms with Crippen LogP contribution >= 0.6 is 0 Å². The third-order valence-corrected chi connectivity index (χ3v) is 4.31. The summed E-state index contributed by atoms with van der Waals surface area (Å²) in [6.45, 7) is 6.88. The van der Waals surface area contributed by atoms with E-state index in [-0.39, 0.29) is 5.78 Å². The van der Waals surface area contributed by atoms with Crippen molar-refractivity contribution in [2.75, 3.05) is 31.6 Å². The van der Waals surface area contributed by atoms with Gasteiger partial charge in [0.25, 0.3) is 0 Å². The highest BCUT2D eigenvalue weighted by molar-refractivity contribution is 6.00. The predicted molar refractivity (Wildman–Crippen MR) is 84.7 cm³/mol. The van der Waals surface area contributed by atoms with E-state index in [4.69, 9.17) is 5.26 Å². The molecule has 1 saturated heterocycles. The Morgan fingerprint density at radius 2 is 2.29 bits per heavy atom. The Kier molecular flexibility index (Phi) is 4.98. The minimum absolute atomic E-state index is 0.0418. The molecule has 4 nitrogen and oxygen atoms in total. The maximum absolute atomic E-state index is 11.8. The van der Waals surface area contributed by atoms with Crippen LogP contribution in [0.3, 0.4) is 0 Å². The molecule has 1 aromatic carbocycles. The molecule has 1 heterocycles. The van der Waals surface area contributed by atoms with Crippen molar-refractivity contribution in [1.82, 2.24) is 4.90 Å². The Labute approximate surface area is 127 Å². The number of rotatable bonds is 5. The largest absolute Gasteiger partial charge is 0.372 e. The highest BCUT2D eigenvalue weighted by Crippen LogP contribution is 2.25. The molecule has 0 N–H and O–H groups in total. The van der Waals surface area contributed by atoms with Crippen LogP contribution in [0.1, 0.15) is 42.6 Å². The van der Waals surface area contributed by atoms with Crippen LogP contribution in [-0.2, 0) is 0 Å². The summed E-state index contributed by atoms with van der Waals surface area (Å²) in [6, 6.07) is 7.98. The molecule has 0 saturated carbocycles. The number of nitriles is 1. The first kappa shape index (κ1) is 15.5. The number of Topliss-reactive ketones (excluding diaryl/α,β-unsaturated/α-hetero) is 1. The molecule has 4 heteroatoms. The number of anilines is 1. The first-order valence-electron chi connectivity index (χ1n) is 7.57. The summed E-state index contributed by atoms with van der Waals surface area (Å²) in [7, 11) is 2.01. The van der Waals surface area contributed by atoms with Crippen LogP contribution in [0.4, 0.5) is 5.69 Å². The van der Waals surface area contributed by atoms with Gasteiger partial charge >= 0.3 is 0 Å². The second kappa shape index (κ2) is 6.73.